The molecule has 1 heteroatoms. The number of para-hydroxylation sites is 1. The molecule has 0 bridgehead atoms. The molecule has 1 heterocycles. The summed E-state index contributed by atoms with van der Waals surface area (Å²) in [5.74, 6) is 0. The molecule has 0 N–H and O–H groups in total. The topological polar surface area (TPSA) is 13.1 Å². The van der Waals surface area contributed by atoms with Crippen molar-refractivity contribution in [3.8, 4) is 89.0 Å². The van der Waals surface area contributed by atoms with Crippen molar-refractivity contribution in [2.24, 2.45) is 0 Å². The Morgan fingerprint density at radius 1 is 0.174 bits per heavy atom. The SMILES string of the molecule is CC1(C)c2c(-c3cccc(-c4c5ccccc5c(-c5cc6ccc7ccccc7c6c6ccccc56)c5ccccc45)c3)cccc2-c2ccc3ccccc3c21.CC1(C)c2c(-c3cccc(-c4c5ccccc5c(-c5ccc6oc7ccccc7c6c5)c5ccccc45)c3)cccc2-c2ccc3ccccc3c21. The lowest BCUT2D eigenvalue weighted by Crippen LogP contribution is -2.16. The molecule has 2 aliphatic carbocycles. The van der Waals surface area contributed by atoms with E-state index in [0.717, 1.165) is 21.9 Å². The maximum atomic E-state index is 6.22. The molecule has 0 fully saturated rings. The van der Waals surface area contributed by atoms with Crippen molar-refractivity contribution in [3.05, 3.63) is 386 Å². The molecule has 0 saturated carbocycles. The molecule has 1 nitrogen and oxygen atoms in total. The van der Waals surface area contributed by atoms with E-state index in [1.54, 1.807) is 0 Å². The van der Waals surface area contributed by atoms with Gasteiger partial charge < -0.3 is 4.42 Å². The van der Waals surface area contributed by atoms with Gasteiger partial charge in [-0.1, -0.05) is 355 Å². The van der Waals surface area contributed by atoms with Crippen molar-refractivity contribution in [2.45, 2.75) is 38.5 Å². The largest absolute Gasteiger partial charge is 0.456 e. The van der Waals surface area contributed by atoms with Crippen LogP contribution in [0.25, 0.3) is 208 Å². The first-order chi connectivity index (χ1) is 53.6. The molecular weight excluding hydrogens is 1310 g/mol. The van der Waals surface area contributed by atoms with Crippen LogP contribution in [-0.4, -0.2) is 0 Å². The third-order valence-corrected chi connectivity index (χ3v) is 24.5. The van der Waals surface area contributed by atoms with Gasteiger partial charge in [-0.2, -0.15) is 0 Å². The van der Waals surface area contributed by atoms with Crippen LogP contribution in [0.1, 0.15) is 49.9 Å². The molecule has 109 heavy (non-hydrogen) atoms. The summed E-state index contributed by atoms with van der Waals surface area (Å²) in [6.45, 7) is 9.63. The minimum absolute atomic E-state index is 0.152. The number of benzene rings is 20. The lowest BCUT2D eigenvalue weighted by atomic mass is 9.77. The van der Waals surface area contributed by atoms with Crippen LogP contribution >= 0.6 is 0 Å². The zero-order valence-electron chi connectivity index (χ0n) is 61.0. The molecular formula is C108H72O. The highest BCUT2D eigenvalue weighted by Gasteiger charge is 2.41. The lowest BCUT2D eigenvalue weighted by molar-refractivity contribution is 0.668. The van der Waals surface area contributed by atoms with Crippen LogP contribution in [-0.2, 0) is 10.8 Å². The van der Waals surface area contributed by atoms with Gasteiger partial charge in [-0.15, -0.1) is 0 Å². The second-order valence-corrected chi connectivity index (χ2v) is 31.1. The highest BCUT2D eigenvalue weighted by atomic mass is 16.3. The molecule has 0 atom stereocenters. The molecule has 21 aromatic rings. The smallest absolute Gasteiger partial charge is 0.135 e. The fourth-order valence-electron chi connectivity index (χ4n) is 20.1. The van der Waals surface area contributed by atoms with Crippen molar-refractivity contribution in [2.75, 3.05) is 0 Å². The van der Waals surface area contributed by atoms with E-state index < -0.39 is 0 Å². The molecule has 0 aliphatic heterocycles. The zero-order chi connectivity index (χ0) is 72.4. The molecule has 20 aromatic carbocycles. The summed E-state index contributed by atoms with van der Waals surface area (Å²) in [6, 6.07) is 135. The highest BCUT2D eigenvalue weighted by Crippen LogP contribution is 2.58. The Kier molecular flexibility index (Phi) is 13.9. The lowest BCUT2D eigenvalue weighted by Gasteiger charge is -2.26. The first-order valence-corrected chi connectivity index (χ1v) is 38.3. The third-order valence-electron chi connectivity index (χ3n) is 24.5. The molecule has 0 saturated heterocycles. The van der Waals surface area contributed by atoms with Gasteiger partial charge in [-0.25, -0.2) is 0 Å². The van der Waals surface area contributed by atoms with Crippen molar-refractivity contribution in [1.82, 2.24) is 0 Å². The van der Waals surface area contributed by atoms with Gasteiger partial charge in [0, 0.05) is 21.6 Å². The Balaban J connectivity index is 0.000000135. The van der Waals surface area contributed by atoms with Crippen LogP contribution in [0.4, 0.5) is 0 Å². The van der Waals surface area contributed by atoms with Gasteiger partial charge >= 0.3 is 0 Å². The Labute approximate surface area is 632 Å². The molecule has 0 spiro atoms. The van der Waals surface area contributed by atoms with Crippen molar-refractivity contribution in [1.29, 1.82) is 0 Å². The maximum absolute atomic E-state index is 6.22. The fourth-order valence-corrected chi connectivity index (χ4v) is 20.1. The molecule has 0 unspecified atom stereocenters. The van der Waals surface area contributed by atoms with Gasteiger partial charge in [0.15, 0.2) is 0 Å². The minimum atomic E-state index is -0.159. The Morgan fingerprint density at radius 3 is 0.991 bits per heavy atom. The Morgan fingerprint density at radius 2 is 0.505 bits per heavy atom. The second kappa shape index (κ2) is 24.0. The normalized spacial score (nSPS) is 13.3. The van der Waals surface area contributed by atoms with Gasteiger partial charge in [-0.05, 0) is 245 Å². The summed E-state index contributed by atoms with van der Waals surface area (Å²) < 4.78 is 6.22. The molecule has 1 aromatic heterocycles. The maximum Gasteiger partial charge on any atom is 0.135 e. The highest BCUT2D eigenvalue weighted by molar-refractivity contribution is 6.29. The Bertz CT molecular complexity index is 7360. The van der Waals surface area contributed by atoms with E-state index in [1.807, 2.05) is 12.1 Å². The van der Waals surface area contributed by atoms with Crippen LogP contribution in [0.2, 0.25) is 0 Å². The molecule has 510 valence electrons. The van der Waals surface area contributed by atoms with E-state index in [9.17, 15) is 0 Å². The summed E-state index contributed by atoms with van der Waals surface area (Å²) in [7, 11) is 0. The summed E-state index contributed by atoms with van der Waals surface area (Å²) >= 11 is 0. The van der Waals surface area contributed by atoms with Crippen LogP contribution in [0.3, 0.4) is 0 Å². The Hall–Kier alpha value is -13.5. The van der Waals surface area contributed by atoms with Crippen molar-refractivity contribution < 1.29 is 4.42 Å². The van der Waals surface area contributed by atoms with Gasteiger partial charge in [0.05, 0.1) is 0 Å². The molecule has 2 aliphatic rings. The van der Waals surface area contributed by atoms with Crippen LogP contribution < -0.4 is 0 Å². The zero-order valence-corrected chi connectivity index (χ0v) is 61.0. The number of hydrogen-bond donors (Lipinski definition) is 0. The van der Waals surface area contributed by atoms with Gasteiger partial charge in [-0.3, -0.25) is 0 Å². The summed E-state index contributed by atoms with van der Waals surface area (Å²) in [6.07, 6.45) is 0. The van der Waals surface area contributed by atoms with E-state index in [2.05, 4.69) is 380 Å². The number of furan rings is 1. The van der Waals surface area contributed by atoms with Crippen LogP contribution in [0.5, 0.6) is 0 Å². The predicted octanol–water partition coefficient (Wildman–Crippen LogP) is 30.3. The van der Waals surface area contributed by atoms with Crippen molar-refractivity contribution in [3.63, 3.8) is 0 Å². The predicted molar refractivity (Wildman–Crippen MR) is 465 cm³/mol. The van der Waals surface area contributed by atoms with E-state index in [4.69, 9.17) is 4.42 Å². The fraction of sp³-hybridized carbons (Fsp3) is 0.0556. The van der Waals surface area contributed by atoms with Gasteiger partial charge in [0.2, 0.25) is 0 Å². The number of fused-ring (bicyclic) bond motifs is 22. The molecule has 0 amide bonds. The average Bonchev–Trinajstić information content (AvgIpc) is 1.63. The summed E-state index contributed by atoms with van der Waals surface area (Å²) in [5, 5.41) is 25.4. The molecule has 23 rings (SSSR count). The monoisotopic (exact) mass is 1380 g/mol. The van der Waals surface area contributed by atoms with E-state index >= 15 is 0 Å². The minimum Gasteiger partial charge on any atom is -0.456 e. The summed E-state index contributed by atoms with van der Waals surface area (Å²) in [4.78, 5) is 0. The van der Waals surface area contributed by atoms with E-state index in [-0.39, 0.29) is 10.8 Å². The van der Waals surface area contributed by atoms with Crippen LogP contribution in [0, 0.1) is 0 Å². The van der Waals surface area contributed by atoms with Gasteiger partial charge in [0.1, 0.15) is 11.2 Å². The quantitative estimate of drug-likeness (QED) is 0.119. The average molecular weight is 1390 g/mol. The van der Waals surface area contributed by atoms with Gasteiger partial charge in [0.25, 0.3) is 0 Å². The second-order valence-electron chi connectivity index (χ2n) is 31.1. The summed E-state index contributed by atoms with van der Waals surface area (Å²) in [5.41, 5.74) is 27.7. The number of hydrogen-bond acceptors (Lipinski definition) is 1. The third kappa shape index (κ3) is 9.40. The number of rotatable bonds is 6. The van der Waals surface area contributed by atoms with Crippen LogP contribution in [0.15, 0.2) is 368 Å². The first-order valence-electron chi connectivity index (χ1n) is 38.3. The van der Waals surface area contributed by atoms with E-state index in [1.165, 1.54) is 208 Å². The standard InChI is InChI=1S/C57H38.C51H34O/c1-57(2)55-41-20-6-4-16-36(41)31-32-50(55)49-28-14-27-42(56(49)57)37-17-13-18-38(33-37)53-45-23-9-11-25-47(45)54(48-26-12-10-24-46(48)53)51-34-39-30-29-35-15-3-5-19-40(35)52(39)44-22-8-7-21-43(44)51;1-51(2)49-35-16-4-3-13-31(35)25-27-43(49)42-23-12-22-36(50(42)51)32-14-11-15-33(29-32)47-38-18-5-7-20-40(38)48(41-21-8-6-19-39(41)47)34-26-28-46-44(30-34)37-17-9-10-24-45(37)52-46/h3-34H,1-2H3;3-30H,1-2H3. The van der Waals surface area contributed by atoms with E-state index in [0.29, 0.717) is 0 Å². The van der Waals surface area contributed by atoms with Crippen molar-refractivity contribution >= 4 is 119 Å². The molecule has 0 radical (unpaired) electrons. The first kappa shape index (κ1) is 62.9.